The molecule has 0 amide bonds. The van der Waals surface area contributed by atoms with Crippen LogP contribution in [0.15, 0.2) is 54.3 Å². The quantitative estimate of drug-likeness (QED) is 0.680. The minimum absolute atomic E-state index is 0. The number of allylic oxidation sites excluding steroid dienone is 3. The van der Waals surface area contributed by atoms with Gasteiger partial charge in [0.2, 0.25) is 0 Å². The van der Waals surface area contributed by atoms with E-state index in [2.05, 4.69) is 6.58 Å². The zero-order valence-electron chi connectivity index (χ0n) is 11.8. The molecular formula is C15H15NaO4. The van der Waals surface area contributed by atoms with Crippen LogP contribution >= 0.6 is 0 Å². The van der Waals surface area contributed by atoms with E-state index in [0.29, 0.717) is 17.1 Å². The molecule has 0 aliphatic heterocycles. The second-order valence-corrected chi connectivity index (χ2v) is 3.80. The first kappa shape index (κ1) is 18.7. The van der Waals surface area contributed by atoms with Gasteiger partial charge in [0.05, 0.1) is 0 Å². The van der Waals surface area contributed by atoms with Gasteiger partial charge in [0.1, 0.15) is 11.5 Å². The van der Waals surface area contributed by atoms with E-state index in [0.717, 1.165) is 12.7 Å². The van der Waals surface area contributed by atoms with Crippen molar-refractivity contribution in [2.75, 3.05) is 7.11 Å². The van der Waals surface area contributed by atoms with Crippen LogP contribution in [0, 0.1) is 6.92 Å². The zero-order chi connectivity index (χ0) is 14.4. The van der Waals surface area contributed by atoms with Crippen LogP contribution in [0.25, 0.3) is 0 Å². The average Bonchev–Trinajstić information content (AvgIpc) is 2.40. The third-order valence-electron chi connectivity index (χ3n) is 2.42. The molecule has 0 fully saturated rings. The summed E-state index contributed by atoms with van der Waals surface area (Å²) >= 11 is 0. The van der Waals surface area contributed by atoms with Gasteiger partial charge in [-0.25, -0.2) is 0 Å². The monoisotopic (exact) mass is 282 g/mol. The largest absolute Gasteiger partial charge is 1.00 e. The van der Waals surface area contributed by atoms with E-state index in [1.54, 1.807) is 12.1 Å². The van der Waals surface area contributed by atoms with Crippen LogP contribution in [-0.2, 0) is 4.79 Å². The molecule has 2 rings (SSSR count). The number of aliphatic hydroxyl groups is 1. The van der Waals surface area contributed by atoms with Gasteiger partial charge in [-0.05, 0) is 30.7 Å². The van der Waals surface area contributed by atoms with E-state index in [-0.39, 0.29) is 41.1 Å². The molecular weight excluding hydrogens is 267 g/mol. The van der Waals surface area contributed by atoms with Crippen molar-refractivity contribution in [1.82, 2.24) is 0 Å². The summed E-state index contributed by atoms with van der Waals surface area (Å²) in [5, 5.41) is 18.2. The van der Waals surface area contributed by atoms with Gasteiger partial charge in [-0.1, -0.05) is 18.7 Å². The summed E-state index contributed by atoms with van der Waals surface area (Å²) in [6.45, 7) is 5.60. The summed E-state index contributed by atoms with van der Waals surface area (Å²) in [4.78, 5) is 11.2. The van der Waals surface area contributed by atoms with Gasteiger partial charge >= 0.3 is 29.6 Å². The Bertz CT molecular complexity index is 559. The molecule has 0 bridgehead atoms. The molecule has 0 atom stereocenters. The molecule has 20 heavy (non-hydrogen) atoms. The Morgan fingerprint density at radius 1 is 1.25 bits per heavy atom. The van der Waals surface area contributed by atoms with Crippen molar-refractivity contribution in [2.45, 2.75) is 6.92 Å². The number of hydrogen-bond acceptors (Lipinski definition) is 4. The number of benzene rings is 1. The fourth-order valence-electron chi connectivity index (χ4n) is 1.44. The van der Waals surface area contributed by atoms with Gasteiger partial charge in [-0.2, -0.15) is 0 Å². The Balaban J connectivity index is 0.00000115. The van der Waals surface area contributed by atoms with Crippen molar-refractivity contribution in [3.8, 4) is 11.5 Å². The van der Waals surface area contributed by atoms with Gasteiger partial charge in [-0.15, -0.1) is 5.75 Å². The molecule has 0 spiro atoms. The van der Waals surface area contributed by atoms with Crippen molar-refractivity contribution in [2.24, 2.45) is 0 Å². The first-order valence-corrected chi connectivity index (χ1v) is 5.59. The number of rotatable bonds is 2. The fourth-order valence-corrected chi connectivity index (χ4v) is 1.44. The summed E-state index contributed by atoms with van der Waals surface area (Å²) in [6.07, 6.45) is 4.37. The average molecular weight is 282 g/mol. The molecule has 100 valence electrons. The number of carbonyl (C=O) groups excluding carboxylic acids is 1. The molecule has 1 aromatic carbocycles. The maximum absolute atomic E-state index is 11.2. The van der Waals surface area contributed by atoms with Crippen LogP contribution < -0.4 is 39.4 Å². The first-order chi connectivity index (χ1) is 9.06. The fraction of sp³-hybridized carbons (Fsp3) is 0.133. The van der Waals surface area contributed by atoms with Crippen molar-refractivity contribution in [3.05, 3.63) is 59.9 Å². The molecule has 1 N–H and O–H groups in total. The predicted molar refractivity (Wildman–Crippen MR) is 70.8 cm³/mol. The molecule has 0 saturated heterocycles. The Hall–Kier alpha value is -1.33. The first-order valence-electron chi connectivity index (χ1n) is 5.59. The van der Waals surface area contributed by atoms with Gasteiger partial charge in [0, 0.05) is 18.8 Å². The van der Waals surface area contributed by atoms with Crippen molar-refractivity contribution in [3.63, 3.8) is 0 Å². The maximum atomic E-state index is 11.2. The molecule has 0 aromatic heterocycles. The summed E-state index contributed by atoms with van der Waals surface area (Å²) in [5.74, 6) is 0.553. The normalized spacial score (nSPS) is 12.8. The van der Waals surface area contributed by atoms with Gasteiger partial charge in [-0.3, -0.25) is 4.79 Å². The van der Waals surface area contributed by atoms with Crippen LogP contribution in [0.5, 0.6) is 11.5 Å². The van der Waals surface area contributed by atoms with E-state index in [9.17, 15) is 9.90 Å². The Labute approximate surface area is 140 Å². The minimum Gasteiger partial charge on any atom is -0.872 e. The van der Waals surface area contributed by atoms with E-state index in [1.807, 2.05) is 6.92 Å². The van der Waals surface area contributed by atoms with Crippen LogP contribution in [-0.4, -0.2) is 18.0 Å². The second kappa shape index (κ2) is 8.76. The Morgan fingerprint density at radius 2 is 1.90 bits per heavy atom. The third-order valence-corrected chi connectivity index (χ3v) is 2.42. The number of aryl methyl sites for hydroxylation is 1. The predicted octanol–water partition coefficient (Wildman–Crippen LogP) is -1.36. The van der Waals surface area contributed by atoms with Gasteiger partial charge in [0.25, 0.3) is 0 Å². The number of ether oxygens (including phenoxy) is 1. The number of ketones is 1. The molecule has 5 heteroatoms. The minimum atomic E-state index is -0.150. The molecule has 0 saturated carbocycles. The van der Waals surface area contributed by atoms with Gasteiger partial charge < -0.3 is 14.9 Å². The van der Waals surface area contributed by atoms with E-state index in [1.165, 1.54) is 24.3 Å². The van der Waals surface area contributed by atoms with Crippen LogP contribution in [0.4, 0.5) is 0 Å². The summed E-state index contributed by atoms with van der Waals surface area (Å²) in [7, 11) is 1.00. The standard InChI is InChI=1S/C14H12O3.CH4O.Na/c1-9-3-5-11(15)7-13(9)17-14-8-12(16)6-4-10(14)2;1-2;/h3-8,16H,1H2,2H3;2H,1H3;/q;;+1/p-1. The van der Waals surface area contributed by atoms with Crippen LogP contribution in [0.2, 0.25) is 0 Å². The third kappa shape index (κ3) is 4.98. The summed E-state index contributed by atoms with van der Waals surface area (Å²) in [5.41, 5.74) is 1.45. The van der Waals surface area contributed by atoms with Crippen molar-refractivity contribution >= 4 is 5.78 Å². The molecule has 0 heterocycles. The summed E-state index contributed by atoms with van der Waals surface area (Å²) < 4.78 is 5.54. The van der Waals surface area contributed by atoms with Crippen LogP contribution in [0.3, 0.4) is 0 Å². The number of hydrogen-bond donors (Lipinski definition) is 1. The van der Waals surface area contributed by atoms with E-state index >= 15 is 0 Å². The van der Waals surface area contributed by atoms with Crippen molar-refractivity contribution in [1.29, 1.82) is 0 Å². The SMILES string of the molecule is C=C1C=CC(=O)C=C1Oc1cc([O-])ccc1C.CO.[Na+]. The smallest absolute Gasteiger partial charge is 0.872 e. The second-order valence-electron chi connectivity index (χ2n) is 3.80. The zero-order valence-corrected chi connectivity index (χ0v) is 13.8. The molecule has 1 aliphatic rings. The number of carbonyl (C=O) groups is 1. The van der Waals surface area contributed by atoms with E-state index in [4.69, 9.17) is 9.84 Å². The summed E-state index contributed by atoms with van der Waals surface area (Å²) in [6, 6.07) is 4.55. The molecule has 0 unspecified atom stereocenters. The van der Waals surface area contributed by atoms with Crippen LogP contribution in [0.1, 0.15) is 5.56 Å². The molecule has 1 aliphatic carbocycles. The van der Waals surface area contributed by atoms with Gasteiger partial charge in [0.15, 0.2) is 5.78 Å². The maximum Gasteiger partial charge on any atom is 1.00 e. The topological polar surface area (TPSA) is 69.6 Å². The Kier molecular flexibility index (Phi) is 8.18. The van der Waals surface area contributed by atoms with E-state index < -0.39 is 0 Å². The Morgan fingerprint density at radius 3 is 2.55 bits per heavy atom. The molecule has 1 aromatic rings. The molecule has 4 nitrogen and oxygen atoms in total. The van der Waals surface area contributed by atoms with Crippen molar-refractivity contribution < 1.29 is 49.3 Å². The molecule has 0 radical (unpaired) electrons. The number of aliphatic hydroxyl groups excluding tert-OH is 1.